The first-order valence-corrected chi connectivity index (χ1v) is 21.8. The van der Waals surface area contributed by atoms with Crippen molar-refractivity contribution in [2.45, 2.75) is 70.3 Å². The van der Waals surface area contributed by atoms with Gasteiger partial charge in [-0.1, -0.05) is 92.7 Å². The molecule has 15 heteroatoms. The summed E-state index contributed by atoms with van der Waals surface area (Å²) in [6.07, 6.45) is 4.26. The largest absolute Gasteiger partial charge is 0.453 e. The smallest absolute Gasteiger partial charge is 0.407 e. The predicted molar refractivity (Wildman–Crippen MR) is 242 cm³/mol. The molecule has 8 rings (SSSR count). The lowest BCUT2D eigenvalue weighted by atomic mass is 9.98. The third kappa shape index (κ3) is 9.20. The molecule has 4 amide bonds. The Morgan fingerprint density at radius 3 is 1.97 bits per heavy atom. The average Bonchev–Trinajstić information content (AvgIpc) is 4.17. The number of fused-ring (bicyclic) bond motifs is 1. The molecule has 4 heterocycles. The van der Waals surface area contributed by atoms with Gasteiger partial charge in [-0.25, -0.2) is 19.6 Å². The van der Waals surface area contributed by atoms with Crippen LogP contribution in [0, 0.1) is 5.92 Å². The highest BCUT2D eigenvalue weighted by atomic mass is 16.5. The van der Waals surface area contributed by atoms with E-state index < -0.39 is 30.3 Å². The van der Waals surface area contributed by atoms with Crippen molar-refractivity contribution in [1.82, 2.24) is 40.4 Å². The fourth-order valence-corrected chi connectivity index (χ4v) is 8.87. The van der Waals surface area contributed by atoms with Crippen molar-refractivity contribution in [3.8, 4) is 33.6 Å². The van der Waals surface area contributed by atoms with Crippen LogP contribution in [0.3, 0.4) is 0 Å². The van der Waals surface area contributed by atoms with Gasteiger partial charge in [-0.15, -0.1) is 0 Å². The van der Waals surface area contributed by atoms with Gasteiger partial charge >= 0.3 is 12.2 Å². The maximum Gasteiger partial charge on any atom is 0.407 e. The van der Waals surface area contributed by atoms with Crippen molar-refractivity contribution < 1.29 is 33.4 Å². The van der Waals surface area contributed by atoms with E-state index in [9.17, 15) is 19.2 Å². The van der Waals surface area contributed by atoms with Gasteiger partial charge < -0.3 is 44.6 Å². The number of likely N-dealkylation sites (tertiary alicyclic amines) is 2. The van der Waals surface area contributed by atoms with Crippen molar-refractivity contribution in [3.63, 3.8) is 0 Å². The zero-order chi connectivity index (χ0) is 44.9. The molecule has 2 aliphatic rings. The molecule has 1 unspecified atom stereocenters. The molecule has 15 nitrogen and oxygen atoms in total. The zero-order valence-corrected chi connectivity index (χ0v) is 36.7. The number of H-pyrrole nitrogens is 2. The SMILES string of the molecule is CCO[C@H]1C[C@@H](c2ncc(-c3ccc(-c4ccc5cc(-c6cnc([C@@H]7CCCN7C(=O)C(NC(=O)OC)C(C)C)[nH]6)ccc5c4)cc3)[nH]2)N(C(=O)[C@H](NC(=O)OC)c2ccccc2)C1. The molecule has 64 heavy (non-hydrogen) atoms. The molecule has 0 bridgehead atoms. The molecule has 6 aromatic rings. The number of nitrogens with one attached hydrogen (secondary N) is 4. The first kappa shape index (κ1) is 43.6. The fraction of sp³-hybridized carbons (Fsp3) is 0.347. The highest BCUT2D eigenvalue weighted by Crippen LogP contribution is 2.37. The number of benzene rings is 4. The Morgan fingerprint density at radius 2 is 1.31 bits per heavy atom. The Kier molecular flexibility index (Phi) is 13.1. The fourth-order valence-electron chi connectivity index (χ4n) is 8.87. The second-order valence-corrected chi connectivity index (χ2v) is 16.6. The summed E-state index contributed by atoms with van der Waals surface area (Å²) in [6.45, 7) is 7.19. The summed E-state index contributed by atoms with van der Waals surface area (Å²) in [5, 5.41) is 7.59. The normalized spacial score (nSPS) is 18.2. The van der Waals surface area contributed by atoms with E-state index in [0.29, 0.717) is 37.5 Å². The number of nitrogens with zero attached hydrogens (tertiary/aromatic N) is 4. The standard InChI is InChI=1S/C49H54N8O7/c1-6-64-37-25-41(57(28-37)47(59)43(55-49(61)63-5)32-11-8-7-9-12-32)45-51-26-38(52-45)31-16-14-30(15-17-31)33-18-19-35-24-36(21-20-34(35)23-33)39-27-50-44(53-39)40-13-10-22-56(40)46(58)42(29(2)3)54-48(60)62-4/h7-9,11-12,14-21,23-24,26-27,29,37,40-43H,6,10,13,22,25,28H2,1-5H3,(H,50,53)(H,51,52)(H,54,60)(H,55,61)/t37-,40-,41-,42?,43+/m0/s1. The third-order valence-corrected chi connectivity index (χ3v) is 12.2. The number of hydrogen-bond donors (Lipinski definition) is 4. The van der Waals surface area contributed by atoms with Crippen LogP contribution in [0.15, 0.2) is 103 Å². The number of amides is 4. The number of ether oxygens (including phenoxy) is 3. The number of rotatable bonds is 13. The molecule has 2 aliphatic heterocycles. The number of alkyl carbamates (subject to hydrolysis) is 2. The minimum atomic E-state index is -0.947. The van der Waals surface area contributed by atoms with E-state index in [1.54, 1.807) is 23.2 Å². The Balaban J connectivity index is 0.961. The summed E-state index contributed by atoms with van der Waals surface area (Å²) in [5.41, 5.74) is 6.38. The second kappa shape index (κ2) is 19.2. The lowest BCUT2D eigenvalue weighted by molar-refractivity contribution is -0.136. The number of carbonyl (C=O) groups excluding carboxylic acids is 4. The van der Waals surface area contributed by atoms with E-state index >= 15 is 0 Å². The lowest BCUT2D eigenvalue weighted by Crippen LogP contribution is -2.51. The number of aromatic amines is 2. The monoisotopic (exact) mass is 866 g/mol. The van der Waals surface area contributed by atoms with Gasteiger partial charge in [0.05, 0.1) is 56.2 Å². The van der Waals surface area contributed by atoms with Gasteiger partial charge in [0.15, 0.2) is 0 Å². The first-order valence-electron chi connectivity index (χ1n) is 21.8. The van der Waals surface area contributed by atoms with E-state index in [2.05, 4.69) is 81.3 Å². The summed E-state index contributed by atoms with van der Waals surface area (Å²) in [7, 11) is 2.56. The molecule has 0 saturated carbocycles. The van der Waals surface area contributed by atoms with Gasteiger partial charge in [0.2, 0.25) is 5.91 Å². The highest BCUT2D eigenvalue weighted by molar-refractivity contribution is 5.91. The Bertz CT molecular complexity index is 2610. The Morgan fingerprint density at radius 1 is 0.719 bits per heavy atom. The van der Waals surface area contributed by atoms with Crippen LogP contribution in [0.2, 0.25) is 0 Å². The van der Waals surface area contributed by atoms with Crippen LogP contribution in [0.4, 0.5) is 9.59 Å². The molecule has 5 atom stereocenters. The maximum absolute atomic E-state index is 14.2. The van der Waals surface area contributed by atoms with Crippen molar-refractivity contribution >= 4 is 34.8 Å². The van der Waals surface area contributed by atoms with Crippen molar-refractivity contribution in [1.29, 1.82) is 0 Å². The molecular formula is C49H54N8O7. The molecule has 2 fully saturated rings. The number of imidazole rings is 2. The van der Waals surface area contributed by atoms with Crippen molar-refractivity contribution in [3.05, 3.63) is 121 Å². The minimum Gasteiger partial charge on any atom is -0.453 e. The summed E-state index contributed by atoms with van der Waals surface area (Å²) >= 11 is 0. The summed E-state index contributed by atoms with van der Waals surface area (Å²) in [6, 6.07) is 27.9. The van der Waals surface area contributed by atoms with Crippen LogP contribution < -0.4 is 10.6 Å². The summed E-state index contributed by atoms with van der Waals surface area (Å²) < 4.78 is 15.6. The molecule has 332 valence electrons. The van der Waals surface area contributed by atoms with Gasteiger partial charge in [0, 0.05) is 31.7 Å². The van der Waals surface area contributed by atoms with Crippen molar-refractivity contribution in [2.24, 2.45) is 5.92 Å². The van der Waals surface area contributed by atoms with Gasteiger partial charge in [-0.3, -0.25) is 9.59 Å². The van der Waals surface area contributed by atoms with Crippen LogP contribution in [0.5, 0.6) is 0 Å². The average molecular weight is 867 g/mol. The van der Waals surface area contributed by atoms with E-state index in [4.69, 9.17) is 24.2 Å². The molecule has 0 spiro atoms. The highest BCUT2D eigenvalue weighted by Gasteiger charge is 2.42. The summed E-state index contributed by atoms with van der Waals surface area (Å²) in [4.78, 5) is 72.2. The first-order chi connectivity index (χ1) is 31.0. The number of hydrogen-bond acceptors (Lipinski definition) is 9. The zero-order valence-electron chi connectivity index (χ0n) is 36.7. The Hall–Kier alpha value is -7.00. The number of methoxy groups -OCH3 is 2. The van der Waals surface area contributed by atoms with Crippen LogP contribution in [-0.4, -0.2) is 99.8 Å². The van der Waals surface area contributed by atoms with Crippen LogP contribution >= 0.6 is 0 Å². The molecular weight excluding hydrogens is 813 g/mol. The number of carbonyl (C=O) groups is 4. The van der Waals surface area contributed by atoms with Gasteiger partial charge in [-0.05, 0) is 70.8 Å². The molecule has 2 aromatic heterocycles. The van der Waals surface area contributed by atoms with Gasteiger partial charge in [0.25, 0.3) is 5.91 Å². The lowest BCUT2D eigenvalue weighted by Gasteiger charge is -2.30. The molecule has 0 aliphatic carbocycles. The Labute approximate surface area is 371 Å². The van der Waals surface area contributed by atoms with Crippen LogP contribution in [-0.2, 0) is 23.8 Å². The van der Waals surface area contributed by atoms with E-state index in [1.165, 1.54) is 14.2 Å². The quantitative estimate of drug-likeness (QED) is 0.0891. The minimum absolute atomic E-state index is 0.112. The molecule has 2 saturated heterocycles. The predicted octanol–water partition coefficient (Wildman–Crippen LogP) is 8.11. The molecule has 4 aromatic carbocycles. The van der Waals surface area contributed by atoms with E-state index in [0.717, 1.165) is 63.1 Å². The number of aromatic nitrogens is 4. The van der Waals surface area contributed by atoms with E-state index in [-0.39, 0.29) is 29.9 Å². The molecule has 4 N–H and O–H groups in total. The van der Waals surface area contributed by atoms with Gasteiger partial charge in [0.1, 0.15) is 23.7 Å². The second-order valence-electron chi connectivity index (χ2n) is 16.6. The summed E-state index contributed by atoms with van der Waals surface area (Å²) in [5.74, 6) is 0.829. The molecule has 0 radical (unpaired) electrons. The van der Waals surface area contributed by atoms with Gasteiger partial charge in [-0.2, -0.15) is 0 Å². The van der Waals surface area contributed by atoms with Crippen LogP contribution in [0.1, 0.15) is 75.4 Å². The maximum atomic E-state index is 14.2. The van der Waals surface area contributed by atoms with E-state index in [1.807, 2.05) is 50.1 Å². The van der Waals surface area contributed by atoms with Crippen molar-refractivity contribution in [2.75, 3.05) is 33.9 Å². The van der Waals surface area contributed by atoms with Crippen LogP contribution in [0.25, 0.3) is 44.4 Å². The third-order valence-electron chi connectivity index (χ3n) is 12.2. The topological polar surface area (TPSA) is 184 Å².